The van der Waals surface area contributed by atoms with Crippen molar-refractivity contribution < 1.29 is 4.79 Å². The molecule has 0 unspecified atom stereocenters. The van der Waals surface area contributed by atoms with Crippen LogP contribution in [0.4, 0.5) is 5.69 Å². The molecule has 1 rings (SSSR count). The number of rotatable bonds is 2. The number of benzene rings is 1. The minimum absolute atomic E-state index is 0.101. The van der Waals surface area contributed by atoms with Crippen molar-refractivity contribution in [1.29, 1.82) is 0 Å². The number of nitrogens with one attached hydrogen (secondary N) is 1. The number of hydrogen-bond donors (Lipinski definition) is 1. The van der Waals surface area contributed by atoms with Crippen LogP contribution in [-0.2, 0) is 4.79 Å². The van der Waals surface area contributed by atoms with Crippen molar-refractivity contribution >= 4 is 39.1 Å². The van der Waals surface area contributed by atoms with Gasteiger partial charge in [-0.15, -0.1) is 0 Å². The minimum atomic E-state index is -0.222. The highest BCUT2D eigenvalue weighted by molar-refractivity contribution is 9.10. The molecule has 0 aliphatic carbocycles. The molecule has 1 amide bonds. The van der Waals surface area contributed by atoms with Crippen molar-refractivity contribution in [3.63, 3.8) is 0 Å². The number of alkyl halides is 1. The predicted molar refractivity (Wildman–Crippen MR) is 63.2 cm³/mol. The Kier molecular flexibility index (Phi) is 3.96. The van der Waals surface area contributed by atoms with Crippen molar-refractivity contribution in [2.45, 2.75) is 18.7 Å². The number of hydrogen-bond acceptors (Lipinski definition) is 1. The molecule has 0 fully saturated rings. The first-order valence-electron chi connectivity index (χ1n) is 4.22. The number of halogens is 2. The number of carbonyl (C=O) groups excluding carboxylic acids is 1. The molecule has 76 valence electrons. The monoisotopic (exact) mass is 275 g/mol. The molecular formula is C10H11BrClNO. The SMILES string of the molecule is Cc1ccc(NC(=O)[C@@H](C)Br)c(Cl)c1. The van der Waals surface area contributed by atoms with Crippen LogP contribution in [-0.4, -0.2) is 10.7 Å². The summed E-state index contributed by atoms with van der Waals surface area (Å²) in [6.07, 6.45) is 0. The Morgan fingerprint density at radius 1 is 1.57 bits per heavy atom. The van der Waals surface area contributed by atoms with Gasteiger partial charge in [-0.25, -0.2) is 0 Å². The van der Waals surface area contributed by atoms with Crippen LogP contribution >= 0.6 is 27.5 Å². The summed E-state index contributed by atoms with van der Waals surface area (Å²) in [4.78, 5) is 11.1. The Morgan fingerprint density at radius 2 is 2.21 bits per heavy atom. The summed E-state index contributed by atoms with van der Waals surface area (Å²) < 4.78 is 0. The van der Waals surface area contributed by atoms with Crippen LogP contribution in [0, 0.1) is 6.92 Å². The molecule has 1 N–H and O–H groups in total. The molecule has 0 saturated heterocycles. The first kappa shape index (κ1) is 11.5. The smallest absolute Gasteiger partial charge is 0.237 e. The first-order valence-corrected chi connectivity index (χ1v) is 5.51. The summed E-state index contributed by atoms with van der Waals surface area (Å²) >= 11 is 9.13. The molecule has 0 heterocycles. The van der Waals surface area contributed by atoms with Gasteiger partial charge in [0.1, 0.15) is 0 Å². The van der Waals surface area contributed by atoms with E-state index in [-0.39, 0.29) is 10.7 Å². The molecule has 0 aromatic heterocycles. The van der Waals surface area contributed by atoms with Crippen molar-refractivity contribution in [2.75, 3.05) is 5.32 Å². The van der Waals surface area contributed by atoms with Gasteiger partial charge in [-0.2, -0.15) is 0 Å². The van der Waals surface area contributed by atoms with Gasteiger partial charge in [0.05, 0.1) is 15.5 Å². The molecule has 1 aromatic carbocycles. The third-order valence-corrected chi connectivity index (χ3v) is 2.47. The molecular weight excluding hydrogens is 265 g/mol. The van der Waals surface area contributed by atoms with E-state index in [4.69, 9.17) is 11.6 Å². The molecule has 0 bridgehead atoms. The highest BCUT2D eigenvalue weighted by Gasteiger charge is 2.10. The lowest BCUT2D eigenvalue weighted by Gasteiger charge is -2.08. The molecule has 1 aromatic rings. The van der Waals surface area contributed by atoms with Gasteiger partial charge in [0.15, 0.2) is 0 Å². The molecule has 4 heteroatoms. The van der Waals surface area contributed by atoms with Gasteiger partial charge in [-0.3, -0.25) is 4.79 Å². The lowest BCUT2D eigenvalue weighted by molar-refractivity contribution is -0.115. The molecule has 14 heavy (non-hydrogen) atoms. The number of aryl methyl sites for hydroxylation is 1. The van der Waals surface area contributed by atoms with E-state index in [9.17, 15) is 4.79 Å². The maximum absolute atomic E-state index is 11.3. The van der Waals surface area contributed by atoms with Gasteiger partial charge >= 0.3 is 0 Å². The second kappa shape index (κ2) is 4.80. The Hall–Kier alpha value is -0.540. The quantitative estimate of drug-likeness (QED) is 0.825. The van der Waals surface area contributed by atoms with Crippen LogP contribution in [0.2, 0.25) is 5.02 Å². The highest BCUT2D eigenvalue weighted by Crippen LogP contribution is 2.23. The van der Waals surface area contributed by atoms with Crippen LogP contribution in [0.15, 0.2) is 18.2 Å². The Bertz CT molecular complexity index is 352. The Labute approximate surface area is 96.8 Å². The molecule has 0 radical (unpaired) electrons. The fraction of sp³-hybridized carbons (Fsp3) is 0.300. The maximum atomic E-state index is 11.3. The summed E-state index contributed by atoms with van der Waals surface area (Å²) in [5.41, 5.74) is 1.72. The summed E-state index contributed by atoms with van der Waals surface area (Å²) in [5.74, 6) is -0.101. The molecule has 2 nitrogen and oxygen atoms in total. The lowest BCUT2D eigenvalue weighted by atomic mass is 10.2. The van der Waals surface area contributed by atoms with E-state index in [2.05, 4.69) is 21.2 Å². The first-order chi connectivity index (χ1) is 6.50. The zero-order chi connectivity index (χ0) is 10.7. The largest absolute Gasteiger partial charge is 0.324 e. The Balaban J connectivity index is 2.82. The van der Waals surface area contributed by atoms with Gasteiger partial charge in [0, 0.05) is 0 Å². The number of carbonyl (C=O) groups is 1. The van der Waals surface area contributed by atoms with E-state index in [1.165, 1.54) is 0 Å². The topological polar surface area (TPSA) is 29.1 Å². The van der Waals surface area contributed by atoms with Crippen molar-refractivity contribution in [2.24, 2.45) is 0 Å². The van der Waals surface area contributed by atoms with Gasteiger partial charge < -0.3 is 5.32 Å². The van der Waals surface area contributed by atoms with Crippen LogP contribution in [0.3, 0.4) is 0 Å². The summed E-state index contributed by atoms with van der Waals surface area (Å²) in [5, 5.41) is 3.28. The maximum Gasteiger partial charge on any atom is 0.237 e. The Morgan fingerprint density at radius 3 is 2.71 bits per heavy atom. The number of anilines is 1. The normalized spacial score (nSPS) is 12.3. The van der Waals surface area contributed by atoms with E-state index < -0.39 is 0 Å². The van der Waals surface area contributed by atoms with Crippen LogP contribution in [0.25, 0.3) is 0 Å². The predicted octanol–water partition coefficient (Wildman–Crippen LogP) is 3.37. The standard InChI is InChI=1S/C10H11BrClNO/c1-6-3-4-9(8(12)5-6)13-10(14)7(2)11/h3-5,7H,1-2H3,(H,13,14)/t7-/m1/s1. The van der Waals surface area contributed by atoms with Crippen molar-refractivity contribution in [1.82, 2.24) is 0 Å². The van der Waals surface area contributed by atoms with E-state index in [0.717, 1.165) is 5.56 Å². The summed E-state index contributed by atoms with van der Waals surface area (Å²) in [6.45, 7) is 3.71. The number of amides is 1. The second-order valence-corrected chi connectivity index (χ2v) is 4.87. The fourth-order valence-corrected chi connectivity index (χ4v) is 1.35. The molecule has 0 spiro atoms. The fourth-order valence-electron chi connectivity index (χ4n) is 0.954. The van der Waals surface area contributed by atoms with Gasteiger partial charge in [-0.05, 0) is 31.5 Å². The minimum Gasteiger partial charge on any atom is -0.324 e. The summed E-state index contributed by atoms with van der Waals surface area (Å²) in [7, 11) is 0. The summed E-state index contributed by atoms with van der Waals surface area (Å²) in [6, 6.07) is 5.52. The second-order valence-electron chi connectivity index (χ2n) is 3.09. The van der Waals surface area contributed by atoms with E-state index >= 15 is 0 Å². The van der Waals surface area contributed by atoms with Crippen molar-refractivity contribution in [3.05, 3.63) is 28.8 Å². The van der Waals surface area contributed by atoms with Gasteiger partial charge in [0.25, 0.3) is 0 Å². The van der Waals surface area contributed by atoms with Crippen LogP contribution in [0.5, 0.6) is 0 Å². The van der Waals surface area contributed by atoms with E-state index in [1.54, 1.807) is 13.0 Å². The van der Waals surface area contributed by atoms with E-state index in [1.807, 2.05) is 19.1 Å². The highest BCUT2D eigenvalue weighted by atomic mass is 79.9. The molecule has 0 aliphatic rings. The molecule has 1 atom stereocenters. The van der Waals surface area contributed by atoms with Crippen molar-refractivity contribution in [3.8, 4) is 0 Å². The van der Waals surface area contributed by atoms with E-state index in [0.29, 0.717) is 10.7 Å². The van der Waals surface area contributed by atoms with Gasteiger partial charge in [-0.1, -0.05) is 33.6 Å². The van der Waals surface area contributed by atoms with Crippen LogP contribution < -0.4 is 5.32 Å². The lowest BCUT2D eigenvalue weighted by Crippen LogP contribution is -2.20. The third kappa shape index (κ3) is 3.00. The van der Waals surface area contributed by atoms with Crippen LogP contribution in [0.1, 0.15) is 12.5 Å². The average molecular weight is 277 g/mol. The third-order valence-electron chi connectivity index (χ3n) is 1.74. The zero-order valence-electron chi connectivity index (χ0n) is 7.97. The molecule has 0 aliphatic heterocycles. The average Bonchev–Trinajstić information content (AvgIpc) is 2.09. The zero-order valence-corrected chi connectivity index (χ0v) is 10.3. The molecule has 0 saturated carbocycles. The van der Waals surface area contributed by atoms with Gasteiger partial charge in [0.2, 0.25) is 5.91 Å².